The van der Waals surface area contributed by atoms with Crippen LogP contribution in [0.4, 0.5) is 11.4 Å². The summed E-state index contributed by atoms with van der Waals surface area (Å²) in [5, 5.41) is 2.10. The van der Waals surface area contributed by atoms with Gasteiger partial charge in [0.15, 0.2) is 0 Å². The Hall–Kier alpha value is -2.34. The molecule has 3 atom stereocenters. The summed E-state index contributed by atoms with van der Waals surface area (Å²) in [5.74, 6) is 0.390. The van der Waals surface area contributed by atoms with Crippen molar-refractivity contribution in [2.45, 2.75) is 225 Å². The van der Waals surface area contributed by atoms with Crippen LogP contribution in [0.5, 0.6) is 0 Å². The van der Waals surface area contributed by atoms with E-state index >= 15 is 0 Å². The van der Waals surface area contributed by atoms with Crippen LogP contribution in [0.2, 0.25) is 0 Å². The number of fused-ring (bicyclic) bond motifs is 4. The van der Waals surface area contributed by atoms with Gasteiger partial charge in [0.05, 0.1) is 0 Å². The Balaban J connectivity index is 0.864. The fourth-order valence-electron chi connectivity index (χ4n) is 11.8. The Morgan fingerprint density at radius 3 is 1.50 bits per heavy atom. The fraction of sp³-hybridized carbons (Fsp3) is 0.594. The molecular weight excluding hydrogens is 1140 g/mol. The number of benzene rings is 1. The van der Waals surface area contributed by atoms with E-state index in [4.69, 9.17) is 33.5 Å². The Morgan fingerprint density at radius 1 is 0.553 bits per heavy atom. The summed E-state index contributed by atoms with van der Waals surface area (Å²) in [5.41, 5.74) is 7.75. The summed E-state index contributed by atoms with van der Waals surface area (Å²) in [7, 11) is 0. The van der Waals surface area contributed by atoms with Gasteiger partial charge in [-0.15, -0.1) is 0 Å². The topological polar surface area (TPSA) is 69.0 Å². The van der Waals surface area contributed by atoms with Crippen LogP contribution in [-0.2, 0) is 20.8 Å². The van der Waals surface area contributed by atoms with Gasteiger partial charge in [-0.2, -0.15) is 0 Å². The van der Waals surface area contributed by atoms with Crippen molar-refractivity contribution in [2.24, 2.45) is 14.6 Å². The molecule has 2 unspecified atom stereocenters. The van der Waals surface area contributed by atoms with E-state index in [1.807, 2.05) is 28.7 Å². The van der Waals surface area contributed by atoms with Crippen molar-refractivity contribution < 1.29 is 9.47 Å². The molecule has 0 N–H and O–H groups in total. The molecule has 2 radical (unpaired) electrons. The van der Waals surface area contributed by atoms with E-state index in [1.54, 1.807) is 0 Å². The van der Waals surface area contributed by atoms with Gasteiger partial charge in [0.25, 0.3) is 0 Å². The third-order valence-electron chi connectivity index (χ3n) is 15.9. The molecular formula is C64H84N4O2S4Se2. The van der Waals surface area contributed by atoms with E-state index in [-0.39, 0.29) is 41.2 Å². The molecule has 0 bridgehead atoms. The van der Waals surface area contributed by atoms with Crippen molar-refractivity contribution in [3.63, 3.8) is 0 Å². The Kier molecular flexibility index (Phi) is 23.8. The summed E-state index contributed by atoms with van der Waals surface area (Å²) >= 11 is 6.31. The summed E-state index contributed by atoms with van der Waals surface area (Å²) in [6, 6.07) is 13.4. The quantitative estimate of drug-likeness (QED) is 0.0304. The van der Waals surface area contributed by atoms with Gasteiger partial charge in [0, 0.05) is 0 Å². The predicted molar refractivity (Wildman–Crippen MR) is 328 cm³/mol. The third-order valence-corrected chi connectivity index (χ3v) is 23.9. The predicted octanol–water partition coefficient (Wildman–Crippen LogP) is 17.7. The molecule has 0 saturated heterocycles. The molecule has 6 heterocycles. The molecule has 1 saturated carbocycles. The van der Waals surface area contributed by atoms with Crippen LogP contribution in [0.1, 0.15) is 224 Å². The Labute approximate surface area is 481 Å². The average Bonchev–Trinajstić information content (AvgIpc) is 4.34. The van der Waals surface area contributed by atoms with E-state index < -0.39 is 0 Å². The van der Waals surface area contributed by atoms with Gasteiger partial charge in [-0.3, -0.25) is 0 Å². The maximum atomic E-state index is 8.30. The van der Waals surface area contributed by atoms with Crippen LogP contribution in [0.15, 0.2) is 51.2 Å². The Bertz CT molecular complexity index is 3360. The van der Waals surface area contributed by atoms with Crippen molar-refractivity contribution in [1.82, 2.24) is 8.75 Å². The molecule has 2 aliphatic carbocycles. The number of ether oxygens (including phenoxy) is 2. The average molecular weight is 1230 g/mol. The Morgan fingerprint density at radius 2 is 1.00 bits per heavy atom. The minimum atomic E-state index is -0.0670. The van der Waals surface area contributed by atoms with Gasteiger partial charge in [0.2, 0.25) is 0 Å². The molecule has 12 heteroatoms. The number of rotatable bonds is 33. The monoisotopic (exact) mass is 1230 g/mol. The van der Waals surface area contributed by atoms with Crippen LogP contribution in [0.3, 0.4) is 0 Å². The minimum absolute atomic E-state index is 0.0533. The molecule has 3 aliphatic rings. The van der Waals surface area contributed by atoms with E-state index in [0.717, 1.165) is 86.8 Å². The van der Waals surface area contributed by atoms with Crippen molar-refractivity contribution in [3.05, 3.63) is 98.5 Å². The van der Waals surface area contributed by atoms with E-state index in [0.29, 0.717) is 10.0 Å². The molecule has 6 nitrogen and oxygen atoms in total. The fourth-order valence-corrected chi connectivity index (χ4v) is 19.3. The van der Waals surface area contributed by atoms with Crippen molar-refractivity contribution in [1.29, 1.82) is 0 Å². The van der Waals surface area contributed by atoms with Gasteiger partial charge < -0.3 is 0 Å². The molecule has 6 aromatic rings. The van der Waals surface area contributed by atoms with Crippen LogP contribution in [0.25, 0.3) is 29.8 Å². The number of thiophene rings is 2. The number of hydrogen-bond donors (Lipinski definition) is 0. The second-order valence-corrected chi connectivity index (χ2v) is 29.8. The summed E-state index contributed by atoms with van der Waals surface area (Å²) in [4.78, 5) is 0. The molecule has 0 amide bonds. The van der Waals surface area contributed by atoms with E-state index in [9.17, 15) is 0 Å². The normalized spacial score (nSPS) is 18.8. The van der Waals surface area contributed by atoms with Crippen molar-refractivity contribution in [2.75, 3.05) is 13.2 Å². The second kappa shape index (κ2) is 31.0. The molecule has 5 aromatic heterocycles. The zero-order valence-corrected chi connectivity index (χ0v) is 52.6. The summed E-state index contributed by atoms with van der Waals surface area (Å²) < 4.78 is 42.8. The van der Waals surface area contributed by atoms with Crippen LogP contribution < -0.4 is 8.62 Å². The molecule has 76 heavy (non-hydrogen) atoms. The van der Waals surface area contributed by atoms with E-state index in [2.05, 4.69) is 56.8 Å². The SMILES string of the molecule is [C]=c1cc/c(=c2/c3c(/c(=c4\cc/c(=c5/cc6c(s5)=c5sc(=C)cc5/C6=C/C5CC(OCCCCCCCCCCCCCCCC)C[C@@H](OCCCCCCCCCCCCCCCC)C5)[se]4)c4nsnc24)N=S=N3)[se]1. The van der Waals surface area contributed by atoms with Gasteiger partial charge in [-0.05, 0) is 0 Å². The standard InChI is InChI=1S/C64H84N4O2S4Se2/c1-5-7-9-11-13-15-17-19-21-23-25-27-29-31-37-69-48-40-47(41-49(43-48)70-38-32-30-28-26-24-22-20-18-16-14-12-10-8-6-2)42-50-51-39-45(3)71-63(51)64-52(50)44-53(72-64)54-35-36-56(76-54)58-61-59(65-73-67-61)57(55-34-33-46(4)75-55)60-62(58)68-74-66-60/h33-36,39,42,44,47-49H,3,5-32,37-38,40-41,43H2,1-2H3/b50-42-,54-53+,57-55-,58-56+/t47?,48-,49?/m0/s1. The third kappa shape index (κ3) is 16.0. The van der Waals surface area contributed by atoms with Gasteiger partial charge >= 0.3 is 305 Å². The zero-order chi connectivity index (χ0) is 52.3. The van der Waals surface area contributed by atoms with Gasteiger partial charge in [-0.25, -0.2) is 0 Å². The first-order valence-corrected chi connectivity index (χ1v) is 36.4. The molecule has 0 spiro atoms. The number of nitrogens with zero attached hydrogens (tertiary/aromatic N) is 4. The first-order valence-electron chi connectivity index (χ1n) is 29.9. The van der Waals surface area contributed by atoms with Gasteiger partial charge in [0.1, 0.15) is 0 Å². The second-order valence-electron chi connectivity index (χ2n) is 22.0. The van der Waals surface area contributed by atoms with Crippen molar-refractivity contribution >= 4 is 116 Å². The van der Waals surface area contributed by atoms with Crippen LogP contribution >= 0.6 is 34.4 Å². The van der Waals surface area contributed by atoms with Crippen molar-refractivity contribution in [3.8, 4) is 0 Å². The van der Waals surface area contributed by atoms with Crippen LogP contribution in [0, 0.1) is 42.2 Å². The first-order chi connectivity index (χ1) is 37.5. The zero-order valence-electron chi connectivity index (χ0n) is 45.9. The maximum absolute atomic E-state index is 8.30. The molecule has 1 fully saturated rings. The van der Waals surface area contributed by atoms with E-state index in [1.165, 1.54) is 229 Å². The number of unbranched alkanes of at least 4 members (excludes halogenated alkanes) is 26. The molecule has 1 aromatic carbocycles. The first kappa shape index (κ1) is 58.3. The van der Waals surface area contributed by atoms with Gasteiger partial charge in [-0.1, -0.05) is 181 Å². The molecule has 408 valence electrons. The summed E-state index contributed by atoms with van der Waals surface area (Å²) in [6.07, 6.45) is 44.7. The van der Waals surface area contributed by atoms with Crippen LogP contribution in [-0.4, -0.2) is 63.2 Å². The number of allylic oxidation sites excluding steroid dienone is 1. The molecule has 1 aliphatic heterocycles. The molecule has 9 rings (SSSR count). The number of hydrogen-bond acceptors (Lipinski definition) is 9. The summed E-state index contributed by atoms with van der Waals surface area (Å²) in [6.45, 7) is 19.1. The number of aromatic nitrogens is 2.